The van der Waals surface area contributed by atoms with Gasteiger partial charge in [-0.3, -0.25) is 0 Å². The third kappa shape index (κ3) is 5.60. The Morgan fingerprint density at radius 3 is 2.64 bits per heavy atom. The van der Waals surface area contributed by atoms with E-state index in [2.05, 4.69) is 16.9 Å². The Bertz CT molecular complexity index is 845. The van der Waals surface area contributed by atoms with Gasteiger partial charge in [0.15, 0.2) is 0 Å². The molecule has 25 heavy (non-hydrogen) atoms. The summed E-state index contributed by atoms with van der Waals surface area (Å²) in [5, 5.41) is 3.86. The smallest absolute Gasteiger partial charge is 0.276 e. The predicted molar refractivity (Wildman–Crippen MR) is 101 cm³/mol. The summed E-state index contributed by atoms with van der Waals surface area (Å²) in [6.07, 6.45) is 3.53. The van der Waals surface area contributed by atoms with Crippen molar-refractivity contribution in [3.8, 4) is 5.75 Å². The zero-order valence-corrected chi connectivity index (χ0v) is 15.6. The van der Waals surface area contributed by atoms with Crippen molar-refractivity contribution in [3.63, 3.8) is 0 Å². The SMILES string of the molecule is CCCCOc1cccc(/C=N/NS(=O)(=O)c2ccc(C)c(C)c2)c1. The van der Waals surface area contributed by atoms with Crippen molar-refractivity contribution in [3.05, 3.63) is 59.2 Å². The van der Waals surface area contributed by atoms with E-state index in [4.69, 9.17) is 4.74 Å². The van der Waals surface area contributed by atoms with E-state index in [0.717, 1.165) is 35.3 Å². The van der Waals surface area contributed by atoms with Crippen LogP contribution in [0.3, 0.4) is 0 Å². The van der Waals surface area contributed by atoms with Gasteiger partial charge in [-0.15, -0.1) is 0 Å². The summed E-state index contributed by atoms with van der Waals surface area (Å²) in [7, 11) is -3.68. The quantitative estimate of drug-likeness (QED) is 0.442. The molecule has 0 spiro atoms. The lowest BCUT2D eigenvalue weighted by molar-refractivity contribution is 0.309. The van der Waals surface area contributed by atoms with Crippen LogP contribution in [0.4, 0.5) is 0 Å². The highest BCUT2D eigenvalue weighted by Gasteiger charge is 2.13. The minimum atomic E-state index is -3.68. The van der Waals surface area contributed by atoms with E-state index in [-0.39, 0.29) is 4.90 Å². The molecule has 1 N–H and O–H groups in total. The Kier molecular flexibility index (Phi) is 6.58. The van der Waals surface area contributed by atoms with Crippen LogP contribution in [0.15, 0.2) is 52.5 Å². The minimum Gasteiger partial charge on any atom is -0.494 e. The average molecular weight is 360 g/mol. The fraction of sp³-hybridized carbons (Fsp3) is 0.316. The first-order valence-corrected chi connectivity index (χ1v) is 9.75. The van der Waals surface area contributed by atoms with Crippen LogP contribution in [-0.4, -0.2) is 21.2 Å². The topological polar surface area (TPSA) is 67.8 Å². The number of nitrogens with one attached hydrogen (secondary N) is 1. The lowest BCUT2D eigenvalue weighted by atomic mass is 10.1. The Morgan fingerprint density at radius 2 is 1.92 bits per heavy atom. The molecule has 0 aromatic heterocycles. The molecule has 2 rings (SSSR count). The van der Waals surface area contributed by atoms with Gasteiger partial charge in [0.05, 0.1) is 17.7 Å². The first kappa shape index (κ1) is 19.0. The van der Waals surface area contributed by atoms with Crippen molar-refractivity contribution >= 4 is 16.2 Å². The van der Waals surface area contributed by atoms with Crippen LogP contribution in [0.2, 0.25) is 0 Å². The van der Waals surface area contributed by atoms with Crippen LogP contribution >= 0.6 is 0 Å². The van der Waals surface area contributed by atoms with Gasteiger partial charge < -0.3 is 4.74 Å². The van der Waals surface area contributed by atoms with Crippen LogP contribution in [0.1, 0.15) is 36.5 Å². The highest BCUT2D eigenvalue weighted by molar-refractivity contribution is 7.89. The number of unbranched alkanes of at least 4 members (excludes halogenated alkanes) is 1. The Hall–Kier alpha value is -2.34. The van der Waals surface area contributed by atoms with E-state index in [1.54, 1.807) is 18.2 Å². The molecule has 0 saturated carbocycles. The number of rotatable bonds is 8. The molecule has 0 aliphatic rings. The summed E-state index contributed by atoms with van der Waals surface area (Å²) in [5.74, 6) is 0.745. The number of ether oxygens (including phenoxy) is 1. The van der Waals surface area contributed by atoms with Crippen LogP contribution < -0.4 is 9.57 Å². The monoisotopic (exact) mass is 360 g/mol. The van der Waals surface area contributed by atoms with Gasteiger partial charge in [0, 0.05) is 0 Å². The maximum atomic E-state index is 12.3. The third-order valence-electron chi connectivity index (χ3n) is 3.80. The zero-order chi connectivity index (χ0) is 18.3. The van der Waals surface area contributed by atoms with Gasteiger partial charge in [0.25, 0.3) is 10.0 Å². The second-order valence-corrected chi connectivity index (χ2v) is 7.53. The summed E-state index contributed by atoms with van der Waals surface area (Å²) < 4.78 is 30.2. The van der Waals surface area contributed by atoms with Crippen LogP contribution in [0.5, 0.6) is 5.75 Å². The molecule has 0 aliphatic carbocycles. The number of hydrazone groups is 1. The second-order valence-electron chi connectivity index (χ2n) is 5.87. The molecule has 0 saturated heterocycles. The van der Waals surface area contributed by atoms with Gasteiger partial charge in [-0.2, -0.15) is 13.5 Å². The average Bonchev–Trinajstić information content (AvgIpc) is 2.58. The number of aryl methyl sites for hydroxylation is 2. The maximum absolute atomic E-state index is 12.3. The molecule has 2 aromatic carbocycles. The fourth-order valence-corrected chi connectivity index (χ4v) is 3.00. The molecular formula is C19H24N2O3S. The van der Waals surface area contributed by atoms with E-state index in [1.807, 2.05) is 38.1 Å². The van der Waals surface area contributed by atoms with Crippen molar-refractivity contribution in [2.45, 2.75) is 38.5 Å². The van der Waals surface area contributed by atoms with Crippen LogP contribution in [0, 0.1) is 13.8 Å². The molecular weight excluding hydrogens is 336 g/mol. The van der Waals surface area contributed by atoms with E-state index in [1.165, 1.54) is 6.21 Å². The van der Waals surface area contributed by atoms with Gasteiger partial charge >= 0.3 is 0 Å². The minimum absolute atomic E-state index is 0.199. The van der Waals surface area contributed by atoms with E-state index < -0.39 is 10.0 Å². The molecule has 0 heterocycles. The first-order valence-electron chi connectivity index (χ1n) is 8.27. The molecule has 0 fully saturated rings. The normalized spacial score (nSPS) is 11.6. The van der Waals surface area contributed by atoms with Crippen molar-refractivity contribution in [1.29, 1.82) is 0 Å². The number of nitrogens with zero attached hydrogens (tertiary/aromatic N) is 1. The van der Waals surface area contributed by atoms with Crippen molar-refractivity contribution in [1.82, 2.24) is 4.83 Å². The molecule has 0 amide bonds. The van der Waals surface area contributed by atoms with Gasteiger partial charge in [-0.25, -0.2) is 4.83 Å². The van der Waals surface area contributed by atoms with Gasteiger partial charge in [-0.1, -0.05) is 31.5 Å². The van der Waals surface area contributed by atoms with Gasteiger partial charge in [0.2, 0.25) is 0 Å². The first-order chi connectivity index (χ1) is 11.9. The Morgan fingerprint density at radius 1 is 1.12 bits per heavy atom. The van der Waals surface area contributed by atoms with Gasteiger partial charge in [-0.05, 0) is 61.2 Å². The van der Waals surface area contributed by atoms with E-state index >= 15 is 0 Å². The lowest BCUT2D eigenvalue weighted by Crippen LogP contribution is -2.18. The standard InChI is InChI=1S/C19H24N2O3S/c1-4-5-11-24-18-8-6-7-17(13-18)14-20-21-25(22,23)19-10-9-15(2)16(3)12-19/h6-10,12-14,21H,4-5,11H2,1-3H3/b20-14+. The number of sulfonamides is 1. The molecule has 0 radical (unpaired) electrons. The maximum Gasteiger partial charge on any atom is 0.276 e. The second kappa shape index (κ2) is 8.67. The van der Waals surface area contributed by atoms with Crippen molar-refractivity contribution in [2.24, 2.45) is 5.10 Å². The third-order valence-corrected chi connectivity index (χ3v) is 5.02. The zero-order valence-electron chi connectivity index (χ0n) is 14.8. The molecule has 0 aliphatic heterocycles. The molecule has 5 nitrogen and oxygen atoms in total. The summed E-state index contributed by atoms with van der Waals surface area (Å²) in [5.41, 5.74) is 2.72. The predicted octanol–water partition coefficient (Wildman–Crippen LogP) is 3.79. The molecule has 6 heteroatoms. The largest absolute Gasteiger partial charge is 0.494 e. The van der Waals surface area contributed by atoms with E-state index in [0.29, 0.717) is 6.61 Å². The summed E-state index contributed by atoms with van der Waals surface area (Å²) in [6, 6.07) is 12.4. The lowest BCUT2D eigenvalue weighted by Gasteiger charge is -2.07. The Balaban J connectivity index is 2.04. The van der Waals surface area contributed by atoms with Gasteiger partial charge in [0.1, 0.15) is 5.75 Å². The molecule has 0 unspecified atom stereocenters. The number of hydrogen-bond acceptors (Lipinski definition) is 4. The summed E-state index contributed by atoms with van der Waals surface area (Å²) in [6.45, 7) is 6.58. The van der Waals surface area contributed by atoms with Crippen molar-refractivity contribution < 1.29 is 13.2 Å². The molecule has 0 bridgehead atoms. The summed E-state index contributed by atoms with van der Waals surface area (Å²) >= 11 is 0. The van der Waals surface area contributed by atoms with Crippen LogP contribution in [-0.2, 0) is 10.0 Å². The number of benzene rings is 2. The molecule has 134 valence electrons. The highest BCUT2D eigenvalue weighted by atomic mass is 32.2. The number of hydrogen-bond donors (Lipinski definition) is 1. The fourth-order valence-electron chi connectivity index (χ4n) is 2.12. The highest BCUT2D eigenvalue weighted by Crippen LogP contribution is 2.15. The van der Waals surface area contributed by atoms with E-state index in [9.17, 15) is 8.42 Å². The van der Waals surface area contributed by atoms with Crippen LogP contribution in [0.25, 0.3) is 0 Å². The summed E-state index contributed by atoms with van der Waals surface area (Å²) in [4.78, 5) is 2.44. The molecule has 2 aromatic rings. The van der Waals surface area contributed by atoms with Crippen molar-refractivity contribution in [2.75, 3.05) is 6.61 Å². The Labute approximate surface area is 149 Å². The molecule has 0 atom stereocenters.